The third-order valence-electron chi connectivity index (χ3n) is 5.57. The van der Waals surface area contributed by atoms with Crippen molar-refractivity contribution >= 4 is 23.6 Å². The normalized spacial score (nSPS) is 28.1. The van der Waals surface area contributed by atoms with E-state index in [0.717, 1.165) is 0 Å². The highest BCUT2D eigenvalue weighted by Crippen LogP contribution is 2.47. The fraction of sp³-hybridized carbons (Fsp3) is 0.647. The number of aliphatic carboxylic acids is 1. The van der Waals surface area contributed by atoms with Gasteiger partial charge in [-0.1, -0.05) is 0 Å². The molecule has 10 nitrogen and oxygen atoms in total. The molecule has 4 N–H and O–H groups in total. The Balaban J connectivity index is 1.71. The largest absolute Gasteiger partial charge is 0.477 e. The van der Waals surface area contributed by atoms with E-state index in [2.05, 4.69) is 10.3 Å². The van der Waals surface area contributed by atoms with Gasteiger partial charge in [0.15, 0.2) is 0 Å². The van der Waals surface area contributed by atoms with Crippen LogP contribution < -0.4 is 5.48 Å². The van der Waals surface area contributed by atoms with Crippen LogP contribution in [0.15, 0.2) is 11.3 Å². The lowest BCUT2D eigenvalue weighted by Crippen LogP contribution is -2.61. The molecule has 10 heteroatoms. The highest BCUT2D eigenvalue weighted by Gasteiger charge is 2.57. The maximum atomic E-state index is 12.3. The summed E-state index contributed by atoms with van der Waals surface area (Å²) in [4.78, 5) is 43.2. The first-order valence-corrected chi connectivity index (χ1v) is 8.87. The summed E-state index contributed by atoms with van der Waals surface area (Å²) < 4.78 is 0. The van der Waals surface area contributed by atoms with Gasteiger partial charge in [-0.05, 0) is 25.3 Å². The van der Waals surface area contributed by atoms with Crippen LogP contribution in [0.5, 0.6) is 0 Å². The van der Waals surface area contributed by atoms with Gasteiger partial charge in [0.1, 0.15) is 11.5 Å². The number of rotatable bonds is 6. The highest BCUT2D eigenvalue weighted by molar-refractivity contribution is 6.00. The van der Waals surface area contributed by atoms with Gasteiger partial charge in [-0.25, -0.2) is 10.3 Å². The maximum absolute atomic E-state index is 12.3. The molecule has 2 amide bonds. The Morgan fingerprint density at radius 2 is 2.15 bits per heavy atom. The van der Waals surface area contributed by atoms with Gasteiger partial charge in [0, 0.05) is 19.0 Å². The van der Waals surface area contributed by atoms with E-state index in [4.69, 9.17) is 5.41 Å². The zero-order valence-corrected chi connectivity index (χ0v) is 15.3. The van der Waals surface area contributed by atoms with Gasteiger partial charge < -0.3 is 20.0 Å². The molecule has 0 aromatic carbocycles. The Labute approximate surface area is 156 Å². The molecule has 0 bridgehead atoms. The Morgan fingerprint density at radius 3 is 2.74 bits per heavy atom. The maximum Gasteiger partial charge on any atom is 0.352 e. The average Bonchev–Trinajstić information content (AvgIpc) is 3.17. The van der Waals surface area contributed by atoms with E-state index in [1.165, 1.54) is 12.0 Å². The van der Waals surface area contributed by atoms with Crippen molar-refractivity contribution in [3.05, 3.63) is 11.3 Å². The molecule has 27 heavy (non-hydrogen) atoms. The SMILES string of the molecule is CONC(=O)CC(=N)N1CC[C@@H](C2=C(C(=O)O)N3C(=O)[C@H]([C@@H](C)O)[C@H]3C2)C1. The van der Waals surface area contributed by atoms with Crippen LogP contribution in [0.1, 0.15) is 26.2 Å². The third kappa shape index (κ3) is 3.30. The molecular formula is C17H24N4O6. The van der Waals surface area contributed by atoms with E-state index in [0.29, 0.717) is 31.5 Å². The van der Waals surface area contributed by atoms with Gasteiger partial charge in [-0.15, -0.1) is 0 Å². The molecule has 3 rings (SSSR count). The molecule has 3 aliphatic heterocycles. The Morgan fingerprint density at radius 1 is 1.44 bits per heavy atom. The molecule has 2 saturated heterocycles. The standard InChI is InChI=1S/C17H24N4O6/c1-8(22)14-11-5-10(15(17(25)26)21(11)16(14)24)9-3-4-20(7-9)12(18)6-13(23)19-27-2/h8-9,11,14,18,22H,3-7H2,1-2H3,(H,19,23)(H,25,26)/t8-,9-,11-,14-/m1/s1. The molecular weight excluding hydrogens is 356 g/mol. The third-order valence-corrected chi connectivity index (χ3v) is 5.57. The quantitative estimate of drug-likeness (QED) is 0.206. The van der Waals surface area contributed by atoms with Crippen molar-refractivity contribution in [2.75, 3.05) is 20.2 Å². The number of hydrogen-bond donors (Lipinski definition) is 4. The van der Waals surface area contributed by atoms with E-state index in [-0.39, 0.29) is 35.8 Å². The summed E-state index contributed by atoms with van der Waals surface area (Å²) in [5, 5.41) is 27.5. The number of nitrogens with one attached hydrogen (secondary N) is 2. The second kappa shape index (κ2) is 7.28. The monoisotopic (exact) mass is 380 g/mol. The van der Waals surface area contributed by atoms with Gasteiger partial charge in [-0.2, -0.15) is 0 Å². The number of aliphatic hydroxyl groups is 1. The Hall–Kier alpha value is -2.46. The number of amides is 2. The van der Waals surface area contributed by atoms with Crippen molar-refractivity contribution in [2.45, 2.75) is 38.3 Å². The molecule has 0 radical (unpaired) electrons. The molecule has 2 fully saturated rings. The van der Waals surface area contributed by atoms with Crippen molar-refractivity contribution in [2.24, 2.45) is 11.8 Å². The topological polar surface area (TPSA) is 143 Å². The number of fused-ring (bicyclic) bond motifs is 1. The van der Waals surface area contributed by atoms with Crippen LogP contribution >= 0.6 is 0 Å². The molecule has 0 unspecified atom stereocenters. The first-order valence-electron chi connectivity index (χ1n) is 8.87. The van der Waals surface area contributed by atoms with E-state index < -0.39 is 23.9 Å². The summed E-state index contributed by atoms with van der Waals surface area (Å²) >= 11 is 0. The number of amidine groups is 1. The molecule has 4 atom stereocenters. The van der Waals surface area contributed by atoms with Crippen LogP contribution in [0.25, 0.3) is 0 Å². The van der Waals surface area contributed by atoms with Crippen molar-refractivity contribution in [3.63, 3.8) is 0 Å². The number of carbonyl (C=O) groups excluding carboxylic acids is 2. The minimum Gasteiger partial charge on any atom is -0.477 e. The highest BCUT2D eigenvalue weighted by atomic mass is 16.6. The van der Waals surface area contributed by atoms with Crippen molar-refractivity contribution in [1.82, 2.24) is 15.3 Å². The van der Waals surface area contributed by atoms with Gasteiger partial charge in [-0.3, -0.25) is 19.8 Å². The number of carbonyl (C=O) groups is 3. The number of nitrogens with zero attached hydrogens (tertiary/aromatic N) is 2. The van der Waals surface area contributed by atoms with Crippen molar-refractivity contribution in [3.8, 4) is 0 Å². The number of β-lactam (4-membered cyclic amide) rings is 1. The Bertz CT molecular complexity index is 718. The Kier molecular flexibility index (Phi) is 5.20. The summed E-state index contributed by atoms with van der Waals surface area (Å²) in [5.41, 5.74) is 2.89. The molecule has 0 saturated carbocycles. The zero-order valence-electron chi connectivity index (χ0n) is 15.3. The van der Waals surface area contributed by atoms with Crippen LogP contribution in [0, 0.1) is 17.2 Å². The average molecular weight is 380 g/mol. The second-order valence-electron chi connectivity index (χ2n) is 7.21. The van der Waals surface area contributed by atoms with Crippen molar-refractivity contribution < 1.29 is 29.4 Å². The first kappa shape index (κ1) is 19.3. The summed E-state index contributed by atoms with van der Waals surface area (Å²) in [6.45, 7) is 2.51. The number of aliphatic hydroxyl groups excluding tert-OH is 1. The number of hydroxylamine groups is 1. The lowest BCUT2D eigenvalue weighted by molar-refractivity contribution is -0.161. The molecule has 148 valence electrons. The number of carboxylic acid groups (broad SMARTS) is 1. The summed E-state index contributed by atoms with van der Waals surface area (Å²) in [6.07, 6.45) is 0.136. The summed E-state index contributed by atoms with van der Waals surface area (Å²) in [5.74, 6) is -2.44. The number of hydrogen-bond acceptors (Lipinski definition) is 6. The fourth-order valence-corrected chi connectivity index (χ4v) is 4.37. The van der Waals surface area contributed by atoms with Crippen LogP contribution in [0.2, 0.25) is 0 Å². The molecule has 0 aliphatic carbocycles. The van der Waals surface area contributed by atoms with Crippen LogP contribution in [0.3, 0.4) is 0 Å². The lowest BCUT2D eigenvalue weighted by Gasteiger charge is -2.44. The van der Waals surface area contributed by atoms with Gasteiger partial charge in [0.25, 0.3) is 5.91 Å². The zero-order chi connectivity index (χ0) is 19.9. The van der Waals surface area contributed by atoms with Gasteiger partial charge in [0.2, 0.25) is 5.91 Å². The molecule has 0 spiro atoms. The predicted octanol–water partition coefficient (Wildman–Crippen LogP) is -0.697. The summed E-state index contributed by atoms with van der Waals surface area (Å²) in [7, 11) is 1.32. The van der Waals surface area contributed by atoms with E-state index in [9.17, 15) is 24.6 Å². The van der Waals surface area contributed by atoms with Crippen LogP contribution in [-0.4, -0.2) is 76.0 Å². The molecule has 0 aromatic heterocycles. The minimum atomic E-state index is -1.14. The van der Waals surface area contributed by atoms with Crippen LogP contribution in [-0.2, 0) is 19.2 Å². The molecule has 3 heterocycles. The smallest absolute Gasteiger partial charge is 0.352 e. The molecule has 0 aromatic rings. The first-order chi connectivity index (χ1) is 12.8. The lowest BCUT2D eigenvalue weighted by atomic mass is 9.82. The van der Waals surface area contributed by atoms with Gasteiger partial charge >= 0.3 is 5.97 Å². The predicted molar refractivity (Wildman–Crippen MR) is 92.3 cm³/mol. The summed E-state index contributed by atoms with van der Waals surface area (Å²) in [6, 6.07) is -0.306. The van der Waals surface area contributed by atoms with E-state index >= 15 is 0 Å². The number of carboxylic acids is 1. The van der Waals surface area contributed by atoms with Gasteiger partial charge in [0.05, 0.1) is 31.6 Å². The molecule has 3 aliphatic rings. The van der Waals surface area contributed by atoms with E-state index in [1.807, 2.05) is 0 Å². The number of likely N-dealkylation sites (tertiary alicyclic amines) is 1. The second-order valence-corrected chi connectivity index (χ2v) is 7.21. The van der Waals surface area contributed by atoms with Crippen LogP contribution in [0.4, 0.5) is 0 Å². The van der Waals surface area contributed by atoms with Crippen molar-refractivity contribution in [1.29, 1.82) is 5.41 Å². The fourth-order valence-electron chi connectivity index (χ4n) is 4.37. The van der Waals surface area contributed by atoms with E-state index in [1.54, 1.807) is 11.8 Å². The minimum absolute atomic E-state index is 0.0254.